The van der Waals surface area contributed by atoms with E-state index < -0.39 is 9.84 Å². The number of pyridine rings is 2. The smallest absolute Gasteiger partial charge is 0.179 e. The lowest BCUT2D eigenvalue weighted by molar-refractivity contribution is -0.00545. The molecule has 8 heteroatoms. The van der Waals surface area contributed by atoms with E-state index in [-0.39, 0.29) is 17.1 Å². The van der Waals surface area contributed by atoms with E-state index in [0.29, 0.717) is 12.4 Å². The number of nitrogens with one attached hydrogen (secondary N) is 1. The van der Waals surface area contributed by atoms with Crippen LogP contribution in [-0.2, 0) is 21.1 Å². The first-order valence-electron chi connectivity index (χ1n) is 8.57. The van der Waals surface area contributed by atoms with Gasteiger partial charge in [0.05, 0.1) is 12.2 Å². The first-order chi connectivity index (χ1) is 12.3. The highest BCUT2D eigenvalue weighted by molar-refractivity contribution is 7.90. The Morgan fingerprint density at radius 3 is 2.54 bits per heavy atom. The zero-order valence-corrected chi connectivity index (χ0v) is 16.0. The van der Waals surface area contributed by atoms with Crippen molar-refractivity contribution in [2.45, 2.75) is 37.5 Å². The van der Waals surface area contributed by atoms with Gasteiger partial charge in [-0.3, -0.25) is 0 Å². The Bertz CT molecular complexity index is 845. The average molecular weight is 376 g/mol. The summed E-state index contributed by atoms with van der Waals surface area (Å²) in [5, 5.41) is 3.09. The van der Waals surface area contributed by atoms with E-state index in [1.807, 2.05) is 12.1 Å². The molecule has 3 rings (SSSR count). The number of nitrogens with zero attached hydrogens (tertiary/aromatic N) is 3. The molecule has 1 saturated heterocycles. The predicted molar refractivity (Wildman–Crippen MR) is 101 cm³/mol. The summed E-state index contributed by atoms with van der Waals surface area (Å²) in [4.78, 5) is 11.1. The molecule has 1 aliphatic rings. The molecule has 0 aromatic carbocycles. The van der Waals surface area contributed by atoms with Crippen LogP contribution >= 0.6 is 0 Å². The van der Waals surface area contributed by atoms with Crippen LogP contribution in [0.1, 0.15) is 19.4 Å². The van der Waals surface area contributed by atoms with E-state index in [4.69, 9.17) is 4.74 Å². The highest BCUT2D eigenvalue weighted by atomic mass is 32.2. The van der Waals surface area contributed by atoms with Gasteiger partial charge in [-0.1, -0.05) is 6.07 Å². The first kappa shape index (κ1) is 18.6. The van der Waals surface area contributed by atoms with E-state index >= 15 is 0 Å². The number of anilines is 2. The topological polar surface area (TPSA) is 84.4 Å². The SMILES string of the molecule is CC1CN(c2ccc(CNc3ncccc3S(C)(=O)=O)cn2)CC(C)O1. The molecule has 140 valence electrons. The minimum absolute atomic E-state index is 0.181. The number of hydrogen-bond acceptors (Lipinski definition) is 7. The maximum atomic E-state index is 11.8. The number of ether oxygens (including phenoxy) is 1. The summed E-state index contributed by atoms with van der Waals surface area (Å²) < 4.78 is 29.4. The van der Waals surface area contributed by atoms with Gasteiger partial charge in [0.2, 0.25) is 0 Å². The molecule has 1 N–H and O–H groups in total. The second-order valence-electron chi connectivity index (χ2n) is 6.66. The molecule has 1 fully saturated rings. The molecule has 2 aromatic rings. The molecule has 2 atom stereocenters. The molecule has 0 radical (unpaired) electrons. The second-order valence-corrected chi connectivity index (χ2v) is 8.65. The lowest BCUT2D eigenvalue weighted by atomic mass is 10.2. The lowest BCUT2D eigenvalue weighted by Crippen LogP contribution is -2.45. The van der Waals surface area contributed by atoms with Gasteiger partial charge in [-0.25, -0.2) is 18.4 Å². The molecular formula is C18H24N4O3S. The third-order valence-corrected chi connectivity index (χ3v) is 5.31. The molecular weight excluding hydrogens is 352 g/mol. The Labute approximate surface area is 154 Å². The van der Waals surface area contributed by atoms with Gasteiger partial charge < -0.3 is 15.0 Å². The van der Waals surface area contributed by atoms with Crippen molar-refractivity contribution < 1.29 is 13.2 Å². The van der Waals surface area contributed by atoms with Gasteiger partial charge in [-0.2, -0.15) is 0 Å². The Balaban J connectivity index is 1.67. The number of morpholine rings is 1. The third kappa shape index (κ3) is 4.50. The average Bonchev–Trinajstić information content (AvgIpc) is 2.59. The van der Waals surface area contributed by atoms with E-state index in [1.165, 1.54) is 6.26 Å². The first-order valence-corrected chi connectivity index (χ1v) is 10.5. The summed E-state index contributed by atoms with van der Waals surface area (Å²) in [6.45, 7) is 6.21. The van der Waals surface area contributed by atoms with Gasteiger partial charge >= 0.3 is 0 Å². The number of sulfone groups is 1. The van der Waals surface area contributed by atoms with Gasteiger partial charge in [-0.15, -0.1) is 0 Å². The quantitative estimate of drug-likeness (QED) is 0.855. The van der Waals surface area contributed by atoms with Gasteiger partial charge in [-0.05, 0) is 37.6 Å². The van der Waals surface area contributed by atoms with Crippen LogP contribution in [0.15, 0.2) is 41.6 Å². The number of rotatable bonds is 5. The largest absolute Gasteiger partial charge is 0.372 e. The Hall–Kier alpha value is -2.19. The van der Waals surface area contributed by atoms with E-state index in [0.717, 1.165) is 24.5 Å². The molecule has 7 nitrogen and oxygen atoms in total. The van der Waals surface area contributed by atoms with Gasteiger partial charge in [0.25, 0.3) is 0 Å². The molecule has 3 heterocycles. The van der Waals surface area contributed by atoms with Crippen molar-refractivity contribution >= 4 is 21.5 Å². The Morgan fingerprint density at radius 1 is 1.19 bits per heavy atom. The molecule has 2 aromatic heterocycles. The van der Waals surface area contributed by atoms with Gasteiger partial charge in [0.1, 0.15) is 16.5 Å². The fraction of sp³-hybridized carbons (Fsp3) is 0.444. The minimum atomic E-state index is -3.33. The summed E-state index contributed by atoms with van der Waals surface area (Å²) in [5.41, 5.74) is 0.952. The van der Waals surface area contributed by atoms with Crippen LogP contribution in [0.3, 0.4) is 0 Å². The summed E-state index contributed by atoms with van der Waals surface area (Å²) in [5.74, 6) is 1.28. The molecule has 1 aliphatic heterocycles. The van der Waals surface area contributed by atoms with Gasteiger partial charge in [0.15, 0.2) is 9.84 Å². The van der Waals surface area contributed by atoms with E-state index in [2.05, 4.69) is 34.0 Å². The molecule has 0 bridgehead atoms. The Kier molecular flexibility index (Phi) is 5.43. The van der Waals surface area contributed by atoms with Crippen LogP contribution in [0.4, 0.5) is 11.6 Å². The van der Waals surface area contributed by atoms with Crippen LogP contribution < -0.4 is 10.2 Å². The normalized spacial score (nSPS) is 20.8. The maximum Gasteiger partial charge on any atom is 0.179 e. The predicted octanol–water partition coefficient (Wildman–Crippen LogP) is 2.11. The molecule has 0 saturated carbocycles. The van der Waals surface area contributed by atoms with Crippen molar-refractivity contribution in [2.75, 3.05) is 29.6 Å². The minimum Gasteiger partial charge on any atom is -0.372 e. The highest BCUT2D eigenvalue weighted by Crippen LogP contribution is 2.20. The zero-order chi connectivity index (χ0) is 18.7. The van der Waals surface area contributed by atoms with Crippen LogP contribution in [-0.4, -0.2) is 49.9 Å². The molecule has 26 heavy (non-hydrogen) atoms. The summed E-state index contributed by atoms with van der Waals surface area (Å²) in [6.07, 6.45) is 4.91. The standard InChI is InChI=1S/C18H24N4O3S/c1-13-11-22(12-14(2)25-13)17-7-6-15(9-20-17)10-21-18-16(26(3,23)24)5-4-8-19-18/h4-9,13-14H,10-12H2,1-3H3,(H,19,21). The fourth-order valence-electron chi connectivity index (χ4n) is 3.08. The van der Waals surface area contributed by atoms with Crippen molar-refractivity contribution in [1.82, 2.24) is 9.97 Å². The van der Waals surface area contributed by atoms with Crippen molar-refractivity contribution in [3.05, 3.63) is 42.2 Å². The number of aromatic nitrogens is 2. The maximum absolute atomic E-state index is 11.8. The fourth-order valence-corrected chi connectivity index (χ4v) is 3.88. The monoisotopic (exact) mass is 376 g/mol. The molecule has 0 spiro atoms. The summed E-state index contributed by atoms with van der Waals surface area (Å²) >= 11 is 0. The van der Waals surface area contributed by atoms with Crippen LogP contribution in [0.2, 0.25) is 0 Å². The Morgan fingerprint density at radius 2 is 1.92 bits per heavy atom. The highest BCUT2D eigenvalue weighted by Gasteiger charge is 2.23. The van der Waals surface area contributed by atoms with Crippen LogP contribution in [0.25, 0.3) is 0 Å². The van der Waals surface area contributed by atoms with Crippen molar-refractivity contribution in [2.24, 2.45) is 0 Å². The molecule has 0 amide bonds. The second kappa shape index (κ2) is 7.59. The molecule has 2 unspecified atom stereocenters. The van der Waals surface area contributed by atoms with Gasteiger partial charge in [0, 0.05) is 38.3 Å². The van der Waals surface area contributed by atoms with Crippen molar-refractivity contribution in [1.29, 1.82) is 0 Å². The van der Waals surface area contributed by atoms with Crippen molar-refractivity contribution in [3.63, 3.8) is 0 Å². The number of hydrogen-bond donors (Lipinski definition) is 1. The van der Waals surface area contributed by atoms with Crippen molar-refractivity contribution in [3.8, 4) is 0 Å². The van der Waals surface area contributed by atoms with E-state index in [1.54, 1.807) is 24.5 Å². The summed E-state index contributed by atoms with van der Waals surface area (Å²) in [7, 11) is -3.33. The van der Waals surface area contributed by atoms with Crippen LogP contribution in [0.5, 0.6) is 0 Å². The molecule has 0 aliphatic carbocycles. The summed E-state index contributed by atoms with van der Waals surface area (Å²) in [6, 6.07) is 7.13. The third-order valence-electron chi connectivity index (χ3n) is 4.18. The van der Waals surface area contributed by atoms with Crippen LogP contribution in [0, 0.1) is 0 Å². The lowest BCUT2D eigenvalue weighted by Gasteiger charge is -2.36. The zero-order valence-electron chi connectivity index (χ0n) is 15.2. The van der Waals surface area contributed by atoms with E-state index in [9.17, 15) is 8.42 Å².